The van der Waals surface area contributed by atoms with Gasteiger partial charge in [-0.1, -0.05) is 18.6 Å². The summed E-state index contributed by atoms with van der Waals surface area (Å²) < 4.78 is 5.55. The summed E-state index contributed by atoms with van der Waals surface area (Å²) in [6, 6.07) is 7.73. The van der Waals surface area contributed by atoms with Gasteiger partial charge < -0.3 is 25.6 Å². The molecule has 1 aliphatic heterocycles. The number of nitrogens with zero attached hydrogens (tertiary/aromatic N) is 2. The number of hydrogen-bond donors (Lipinski definition) is 3. The predicted octanol–water partition coefficient (Wildman–Crippen LogP) is 2.36. The molecule has 2 rings (SSSR count). The standard InChI is InChI=1S/C21H35N5O2.HI/c1-3-22-20(27)17-28-19-10-8-9-18(15-19)16-25-21(23-4-2)24-11-14-26-12-6-5-7-13-26;/h8-10,15H,3-7,11-14,16-17H2,1-2H3,(H,22,27)(H2,23,24,25);1H. The van der Waals surface area contributed by atoms with E-state index in [0.717, 1.165) is 31.2 Å². The molecule has 1 amide bonds. The van der Waals surface area contributed by atoms with Crippen LogP contribution in [0.2, 0.25) is 0 Å². The van der Waals surface area contributed by atoms with Crippen molar-refractivity contribution in [3.05, 3.63) is 29.8 Å². The zero-order valence-corrected chi connectivity index (χ0v) is 20.0. The summed E-state index contributed by atoms with van der Waals surface area (Å²) in [5.74, 6) is 1.40. The third kappa shape index (κ3) is 10.7. The number of carbonyl (C=O) groups is 1. The maximum Gasteiger partial charge on any atom is 0.257 e. The Morgan fingerprint density at radius 3 is 2.59 bits per heavy atom. The molecule has 0 saturated carbocycles. The molecule has 0 aromatic heterocycles. The van der Waals surface area contributed by atoms with Crippen molar-refractivity contribution in [3.8, 4) is 5.75 Å². The first-order valence-corrected chi connectivity index (χ1v) is 10.4. The van der Waals surface area contributed by atoms with E-state index in [9.17, 15) is 4.79 Å². The zero-order valence-electron chi connectivity index (χ0n) is 17.7. The quantitative estimate of drug-likeness (QED) is 0.253. The van der Waals surface area contributed by atoms with Gasteiger partial charge in [0.05, 0.1) is 6.54 Å². The molecular weight excluding hydrogens is 481 g/mol. The van der Waals surface area contributed by atoms with E-state index in [1.54, 1.807) is 0 Å². The number of guanidine groups is 1. The van der Waals surface area contributed by atoms with Gasteiger partial charge >= 0.3 is 0 Å². The molecule has 0 spiro atoms. The number of piperidine rings is 1. The van der Waals surface area contributed by atoms with Crippen LogP contribution in [0.4, 0.5) is 0 Å². The normalized spacial score (nSPS) is 14.6. The summed E-state index contributed by atoms with van der Waals surface area (Å²) >= 11 is 0. The first-order valence-electron chi connectivity index (χ1n) is 10.4. The lowest BCUT2D eigenvalue weighted by Gasteiger charge is -2.26. The molecule has 1 aromatic carbocycles. The Morgan fingerprint density at radius 2 is 1.86 bits per heavy atom. The van der Waals surface area contributed by atoms with Crippen molar-refractivity contribution >= 4 is 35.8 Å². The number of benzene rings is 1. The van der Waals surface area contributed by atoms with Crippen LogP contribution in [-0.4, -0.2) is 62.6 Å². The number of likely N-dealkylation sites (tertiary alicyclic amines) is 1. The van der Waals surface area contributed by atoms with Gasteiger partial charge in [0.1, 0.15) is 5.75 Å². The van der Waals surface area contributed by atoms with Crippen LogP contribution in [-0.2, 0) is 11.3 Å². The van der Waals surface area contributed by atoms with E-state index in [2.05, 4.69) is 32.8 Å². The van der Waals surface area contributed by atoms with E-state index in [1.165, 1.54) is 32.4 Å². The first-order chi connectivity index (χ1) is 13.7. The number of rotatable bonds is 10. The van der Waals surface area contributed by atoms with Crippen LogP contribution in [0, 0.1) is 0 Å². The molecule has 0 radical (unpaired) electrons. The zero-order chi connectivity index (χ0) is 20.0. The first kappa shape index (κ1) is 25.5. The fourth-order valence-electron chi connectivity index (χ4n) is 3.16. The Balaban J connectivity index is 0.00000420. The second-order valence-electron chi connectivity index (χ2n) is 6.91. The van der Waals surface area contributed by atoms with Gasteiger partial charge in [0.15, 0.2) is 12.6 Å². The van der Waals surface area contributed by atoms with Crippen molar-refractivity contribution in [1.29, 1.82) is 0 Å². The molecule has 1 fully saturated rings. The van der Waals surface area contributed by atoms with Gasteiger partial charge in [-0.25, -0.2) is 4.99 Å². The SMILES string of the molecule is CCNC(=O)COc1cccc(CN=C(NCC)NCCN2CCCCC2)c1.I. The summed E-state index contributed by atoms with van der Waals surface area (Å²) in [5.41, 5.74) is 1.04. The fraction of sp³-hybridized carbons (Fsp3) is 0.619. The average Bonchev–Trinajstić information content (AvgIpc) is 2.72. The van der Waals surface area contributed by atoms with Gasteiger partial charge in [0, 0.05) is 26.2 Å². The van der Waals surface area contributed by atoms with Crippen LogP contribution < -0.4 is 20.7 Å². The lowest BCUT2D eigenvalue weighted by molar-refractivity contribution is -0.122. The van der Waals surface area contributed by atoms with Gasteiger partial charge in [-0.2, -0.15) is 0 Å². The second-order valence-corrected chi connectivity index (χ2v) is 6.91. The molecular formula is C21H36IN5O2. The maximum atomic E-state index is 11.5. The van der Waals surface area contributed by atoms with E-state index >= 15 is 0 Å². The largest absolute Gasteiger partial charge is 0.484 e. The third-order valence-electron chi connectivity index (χ3n) is 4.58. The molecule has 164 valence electrons. The van der Waals surface area contributed by atoms with Crippen molar-refractivity contribution in [1.82, 2.24) is 20.9 Å². The van der Waals surface area contributed by atoms with Crippen LogP contribution in [0.25, 0.3) is 0 Å². The number of amides is 1. The Kier molecular flexibility index (Phi) is 13.5. The number of likely N-dealkylation sites (N-methyl/N-ethyl adjacent to an activating group) is 1. The second kappa shape index (κ2) is 15.3. The van der Waals surface area contributed by atoms with Crippen LogP contribution in [0.3, 0.4) is 0 Å². The molecule has 29 heavy (non-hydrogen) atoms. The lowest BCUT2D eigenvalue weighted by Crippen LogP contribution is -2.42. The molecule has 7 nitrogen and oxygen atoms in total. The van der Waals surface area contributed by atoms with Crippen molar-refractivity contribution in [2.75, 3.05) is 45.9 Å². The number of ether oxygens (including phenoxy) is 1. The Bertz CT molecular complexity index is 621. The summed E-state index contributed by atoms with van der Waals surface area (Å²) in [6.07, 6.45) is 3.99. The van der Waals surface area contributed by atoms with Crippen molar-refractivity contribution < 1.29 is 9.53 Å². The maximum absolute atomic E-state index is 11.5. The van der Waals surface area contributed by atoms with E-state index < -0.39 is 0 Å². The highest BCUT2D eigenvalue weighted by molar-refractivity contribution is 14.0. The van der Waals surface area contributed by atoms with Crippen molar-refractivity contribution in [3.63, 3.8) is 0 Å². The minimum absolute atomic E-state index is 0. The van der Waals surface area contributed by atoms with Crippen molar-refractivity contribution in [2.24, 2.45) is 4.99 Å². The molecule has 8 heteroatoms. The minimum atomic E-state index is -0.113. The van der Waals surface area contributed by atoms with Crippen LogP contribution in [0.15, 0.2) is 29.3 Å². The van der Waals surface area contributed by atoms with Gasteiger partial charge in [-0.15, -0.1) is 24.0 Å². The van der Waals surface area contributed by atoms with Gasteiger partial charge in [-0.05, 0) is 57.5 Å². The number of hydrogen-bond acceptors (Lipinski definition) is 4. The number of carbonyl (C=O) groups excluding carboxylic acids is 1. The average molecular weight is 517 g/mol. The molecule has 0 bridgehead atoms. The van der Waals surface area contributed by atoms with Crippen molar-refractivity contribution in [2.45, 2.75) is 39.7 Å². The monoisotopic (exact) mass is 517 g/mol. The lowest BCUT2D eigenvalue weighted by atomic mass is 10.1. The van der Waals surface area contributed by atoms with E-state index in [0.29, 0.717) is 18.8 Å². The summed E-state index contributed by atoms with van der Waals surface area (Å²) in [6.45, 7) is 10.3. The highest BCUT2D eigenvalue weighted by Crippen LogP contribution is 2.14. The Labute approximate surface area is 192 Å². The molecule has 1 aliphatic rings. The van der Waals surface area contributed by atoms with Gasteiger partial charge in [0.2, 0.25) is 0 Å². The third-order valence-corrected chi connectivity index (χ3v) is 4.58. The summed E-state index contributed by atoms with van der Waals surface area (Å²) in [5, 5.41) is 9.44. The number of halogens is 1. The molecule has 0 unspecified atom stereocenters. The summed E-state index contributed by atoms with van der Waals surface area (Å²) in [7, 11) is 0. The summed E-state index contributed by atoms with van der Waals surface area (Å²) in [4.78, 5) is 18.7. The minimum Gasteiger partial charge on any atom is -0.484 e. The van der Waals surface area contributed by atoms with Crippen LogP contribution in [0.5, 0.6) is 5.75 Å². The Hall–Kier alpha value is -1.55. The molecule has 1 saturated heterocycles. The predicted molar refractivity (Wildman–Crippen MR) is 129 cm³/mol. The number of nitrogens with one attached hydrogen (secondary N) is 3. The number of aliphatic imine (C=N–C) groups is 1. The molecule has 1 aromatic rings. The van der Waals surface area contributed by atoms with Crippen LogP contribution >= 0.6 is 24.0 Å². The molecule has 1 heterocycles. The van der Waals surface area contributed by atoms with E-state index in [1.807, 2.05) is 31.2 Å². The molecule has 0 atom stereocenters. The van der Waals surface area contributed by atoms with Gasteiger partial charge in [-0.3, -0.25) is 4.79 Å². The van der Waals surface area contributed by atoms with E-state index in [-0.39, 0.29) is 36.5 Å². The van der Waals surface area contributed by atoms with Gasteiger partial charge in [0.25, 0.3) is 5.91 Å². The fourth-order valence-corrected chi connectivity index (χ4v) is 3.16. The molecule has 3 N–H and O–H groups in total. The highest BCUT2D eigenvalue weighted by Gasteiger charge is 2.09. The molecule has 0 aliphatic carbocycles. The highest BCUT2D eigenvalue weighted by atomic mass is 127. The topological polar surface area (TPSA) is 78.0 Å². The smallest absolute Gasteiger partial charge is 0.257 e. The van der Waals surface area contributed by atoms with E-state index in [4.69, 9.17) is 4.74 Å². The van der Waals surface area contributed by atoms with Crippen LogP contribution in [0.1, 0.15) is 38.7 Å². The Morgan fingerprint density at radius 1 is 1.10 bits per heavy atom.